The first kappa shape index (κ1) is 26.2. The maximum atomic E-state index is 13.2. The highest BCUT2D eigenvalue weighted by Gasteiger charge is 2.20. The van der Waals surface area contributed by atoms with Crippen molar-refractivity contribution in [3.8, 4) is 16.9 Å². The molecule has 0 fully saturated rings. The summed E-state index contributed by atoms with van der Waals surface area (Å²) >= 11 is 3.39. The van der Waals surface area contributed by atoms with Gasteiger partial charge in [0.1, 0.15) is 12.4 Å². The number of rotatable bonds is 8. The van der Waals surface area contributed by atoms with Gasteiger partial charge in [-0.15, -0.1) is 0 Å². The highest BCUT2D eigenvalue weighted by molar-refractivity contribution is 9.10. The lowest BCUT2D eigenvalue weighted by atomic mass is 10.1. The second-order valence-corrected chi connectivity index (χ2v) is 9.81. The number of benzene rings is 3. The zero-order valence-corrected chi connectivity index (χ0v) is 22.7. The first-order valence-electron chi connectivity index (χ1n) is 12.2. The molecule has 1 aromatic heterocycles. The summed E-state index contributed by atoms with van der Waals surface area (Å²) in [6, 6.07) is 24.8. The van der Waals surface area contributed by atoms with Crippen molar-refractivity contribution in [1.29, 1.82) is 0 Å². The Kier molecular flexibility index (Phi) is 8.40. The first-order valence-corrected chi connectivity index (χ1v) is 13.0. The van der Waals surface area contributed by atoms with E-state index in [1.807, 2.05) is 81.4 Å². The van der Waals surface area contributed by atoms with Crippen molar-refractivity contribution >= 4 is 39.4 Å². The van der Waals surface area contributed by atoms with Gasteiger partial charge in [0.05, 0.1) is 11.4 Å². The molecule has 0 radical (unpaired) electrons. The fourth-order valence-electron chi connectivity index (χ4n) is 4.06. The third-order valence-electron chi connectivity index (χ3n) is 5.84. The molecule has 0 saturated carbocycles. The maximum absolute atomic E-state index is 13.2. The Balaban J connectivity index is 1.57. The molecule has 2 N–H and O–H groups in total. The molecule has 8 heteroatoms. The molecule has 0 aliphatic carbocycles. The minimum atomic E-state index is -0.327. The Labute approximate surface area is 225 Å². The van der Waals surface area contributed by atoms with Crippen molar-refractivity contribution < 1.29 is 9.59 Å². The summed E-state index contributed by atoms with van der Waals surface area (Å²) in [6.45, 7) is 6.39. The fourth-order valence-corrected chi connectivity index (χ4v) is 4.32. The average Bonchev–Trinajstić information content (AvgIpc) is 3.29. The van der Waals surface area contributed by atoms with Gasteiger partial charge in [-0.2, -0.15) is 5.10 Å². The van der Waals surface area contributed by atoms with Gasteiger partial charge < -0.3 is 15.5 Å². The monoisotopic (exact) mass is 559 g/mol. The smallest absolute Gasteiger partial charge is 0.315 e. The van der Waals surface area contributed by atoms with E-state index >= 15 is 0 Å². The molecule has 3 aromatic carbocycles. The van der Waals surface area contributed by atoms with Crippen LogP contribution in [0.2, 0.25) is 0 Å². The molecule has 0 saturated heterocycles. The quantitative estimate of drug-likeness (QED) is 0.249. The van der Waals surface area contributed by atoms with Crippen LogP contribution >= 0.6 is 15.9 Å². The molecule has 4 rings (SSSR count). The summed E-state index contributed by atoms with van der Waals surface area (Å²) in [5.74, 6) is 0.241. The molecule has 0 bridgehead atoms. The molecule has 0 atom stereocenters. The number of nitrogens with one attached hydrogen (secondary N) is 2. The number of halogens is 1. The molecular formula is C29H30BrN5O2. The topological polar surface area (TPSA) is 79.3 Å². The number of hydrogen-bond donors (Lipinski definition) is 2. The number of anilines is 2. The predicted molar refractivity (Wildman–Crippen MR) is 152 cm³/mol. The molecule has 0 aliphatic rings. The lowest BCUT2D eigenvalue weighted by Crippen LogP contribution is -2.41. The summed E-state index contributed by atoms with van der Waals surface area (Å²) in [4.78, 5) is 27.6. The second kappa shape index (κ2) is 11.9. The summed E-state index contributed by atoms with van der Waals surface area (Å²) in [5, 5.41) is 10.7. The number of amides is 3. The van der Waals surface area contributed by atoms with Crippen LogP contribution in [0.25, 0.3) is 16.9 Å². The normalized spacial score (nSPS) is 10.7. The molecule has 4 aromatic rings. The molecule has 0 unspecified atom stereocenters. The largest absolute Gasteiger partial charge is 0.322 e. The third-order valence-corrected chi connectivity index (χ3v) is 6.37. The van der Waals surface area contributed by atoms with Gasteiger partial charge in [0.25, 0.3) is 0 Å². The number of urea groups is 1. The number of carbonyl (C=O) groups excluding carboxylic acids is 2. The van der Waals surface area contributed by atoms with Crippen LogP contribution in [0.15, 0.2) is 83.3 Å². The van der Waals surface area contributed by atoms with Crippen LogP contribution in [0.5, 0.6) is 0 Å². The van der Waals surface area contributed by atoms with Gasteiger partial charge in [0.2, 0.25) is 5.91 Å². The SMILES string of the molecule is CCCN(CC(=O)Nc1cc(-c2ccccc2)nn1-c1ccc(C)cc1C)C(=O)Nc1ccc(Br)cc1. The standard InChI is InChI=1S/C29H30BrN5O2/c1-4-16-34(29(37)31-24-13-11-23(30)12-14-24)19-28(36)32-27-18-25(22-8-6-5-7-9-22)33-35(27)26-15-10-20(2)17-21(26)3/h5-15,17-18H,4,16,19H2,1-3H3,(H,31,37)(H,32,36). The first-order chi connectivity index (χ1) is 17.8. The van der Waals surface area contributed by atoms with Gasteiger partial charge in [-0.3, -0.25) is 4.79 Å². The zero-order chi connectivity index (χ0) is 26.4. The van der Waals surface area contributed by atoms with Gasteiger partial charge in [-0.25, -0.2) is 9.48 Å². The van der Waals surface area contributed by atoms with Crippen LogP contribution < -0.4 is 10.6 Å². The fraction of sp³-hybridized carbons (Fsp3) is 0.207. The molecule has 1 heterocycles. The van der Waals surface area contributed by atoms with Crippen LogP contribution in [0.4, 0.5) is 16.3 Å². The molecule has 3 amide bonds. The summed E-state index contributed by atoms with van der Waals surface area (Å²) in [7, 11) is 0. The van der Waals surface area contributed by atoms with E-state index in [0.717, 1.165) is 39.0 Å². The van der Waals surface area contributed by atoms with Crippen molar-refractivity contribution in [1.82, 2.24) is 14.7 Å². The minimum Gasteiger partial charge on any atom is -0.315 e. The Bertz CT molecular complexity index is 1380. The Morgan fingerprint density at radius 2 is 1.68 bits per heavy atom. The number of carbonyl (C=O) groups is 2. The number of aryl methyl sites for hydroxylation is 2. The van der Waals surface area contributed by atoms with Crippen LogP contribution in [0.3, 0.4) is 0 Å². The van der Waals surface area contributed by atoms with E-state index in [2.05, 4.69) is 32.6 Å². The van der Waals surface area contributed by atoms with Crippen LogP contribution in [0, 0.1) is 13.8 Å². The van der Waals surface area contributed by atoms with E-state index < -0.39 is 0 Å². The van der Waals surface area contributed by atoms with E-state index in [9.17, 15) is 9.59 Å². The molecular weight excluding hydrogens is 530 g/mol. The summed E-state index contributed by atoms with van der Waals surface area (Å²) < 4.78 is 2.67. The minimum absolute atomic E-state index is 0.0884. The lowest BCUT2D eigenvalue weighted by Gasteiger charge is -2.22. The van der Waals surface area contributed by atoms with E-state index in [1.165, 1.54) is 4.90 Å². The van der Waals surface area contributed by atoms with Crippen molar-refractivity contribution in [2.75, 3.05) is 23.7 Å². The number of aromatic nitrogens is 2. The second-order valence-electron chi connectivity index (χ2n) is 8.89. The van der Waals surface area contributed by atoms with Gasteiger partial charge in [-0.05, 0) is 56.2 Å². The average molecular weight is 560 g/mol. The van der Waals surface area contributed by atoms with Gasteiger partial charge in [-0.1, -0.05) is 70.9 Å². The number of nitrogens with zero attached hydrogens (tertiary/aromatic N) is 3. The molecule has 190 valence electrons. The third kappa shape index (κ3) is 6.65. The lowest BCUT2D eigenvalue weighted by molar-refractivity contribution is -0.116. The van der Waals surface area contributed by atoms with Crippen molar-refractivity contribution in [2.45, 2.75) is 27.2 Å². The zero-order valence-electron chi connectivity index (χ0n) is 21.2. The Morgan fingerprint density at radius 3 is 2.35 bits per heavy atom. The predicted octanol–water partition coefficient (Wildman–Crippen LogP) is 6.80. The van der Waals surface area contributed by atoms with Crippen LogP contribution in [0.1, 0.15) is 24.5 Å². The molecule has 0 aliphatic heterocycles. The van der Waals surface area contributed by atoms with Gasteiger partial charge in [0, 0.05) is 28.3 Å². The Morgan fingerprint density at radius 1 is 0.946 bits per heavy atom. The maximum Gasteiger partial charge on any atom is 0.322 e. The molecule has 7 nitrogen and oxygen atoms in total. The van der Waals surface area contributed by atoms with Crippen molar-refractivity contribution in [2.24, 2.45) is 0 Å². The Hall–Kier alpha value is -3.91. The molecule has 37 heavy (non-hydrogen) atoms. The summed E-state index contributed by atoms with van der Waals surface area (Å²) in [6.07, 6.45) is 0.722. The highest BCUT2D eigenvalue weighted by atomic mass is 79.9. The summed E-state index contributed by atoms with van der Waals surface area (Å²) in [5.41, 5.74) is 5.42. The highest BCUT2D eigenvalue weighted by Crippen LogP contribution is 2.26. The van der Waals surface area contributed by atoms with Gasteiger partial charge in [0.15, 0.2) is 0 Å². The van der Waals surface area contributed by atoms with E-state index in [4.69, 9.17) is 5.10 Å². The van der Waals surface area contributed by atoms with Gasteiger partial charge >= 0.3 is 6.03 Å². The van der Waals surface area contributed by atoms with E-state index in [1.54, 1.807) is 16.8 Å². The number of hydrogen-bond acceptors (Lipinski definition) is 3. The van der Waals surface area contributed by atoms with E-state index in [-0.39, 0.29) is 18.5 Å². The van der Waals surface area contributed by atoms with Crippen molar-refractivity contribution in [3.05, 3.63) is 94.5 Å². The van der Waals surface area contributed by atoms with Crippen LogP contribution in [-0.4, -0.2) is 39.7 Å². The van der Waals surface area contributed by atoms with Crippen molar-refractivity contribution in [3.63, 3.8) is 0 Å². The van der Waals surface area contributed by atoms with Crippen LogP contribution in [-0.2, 0) is 4.79 Å². The molecule has 0 spiro atoms. The van der Waals surface area contributed by atoms with E-state index in [0.29, 0.717) is 18.1 Å².